The van der Waals surface area contributed by atoms with E-state index in [9.17, 15) is 30.6 Å². The fourth-order valence-electron chi connectivity index (χ4n) is 12.8. The summed E-state index contributed by atoms with van der Waals surface area (Å²) in [4.78, 5) is 2.33. The zero-order valence-corrected chi connectivity index (χ0v) is 32.3. The molecular weight excluding hydrogens is 701 g/mol. The number of fused-ring (bicyclic) bond motifs is 3. The molecule has 0 aromatic rings. The lowest BCUT2D eigenvalue weighted by Gasteiger charge is -2.54. The summed E-state index contributed by atoms with van der Waals surface area (Å²) < 4.78 is 6.43. The Morgan fingerprint density at radius 3 is 1.25 bits per heavy atom. The van der Waals surface area contributed by atoms with Gasteiger partial charge in [-0.25, -0.2) is 0 Å². The molecule has 6 saturated carbocycles. The third-order valence-electron chi connectivity index (χ3n) is 15.3. The molecule has 0 amide bonds. The molecule has 0 radical (unpaired) electrons. The highest BCUT2D eigenvalue weighted by Crippen LogP contribution is 2.48. The van der Waals surface area contributed by atoms with Gasteiger partial charge in [-0.15, -0.1) is 23.5 Å². The van der Waals surface area contributed by atoms with Gasteiger partial charge < -0.3 is 46.0 Å². The Morgan fingerprint density at radius 1 is 0.442 bits per heavy atom. The minimum Gasteiger partial charge on any atom is -0.393 e. The molecule has 9 aliphatic rings. The number of hydrogen-bond acceptors (Lipinski definition) is 13. The van der Waals surface area contributed by atoms with Crippen molar-refractivity contribution in [3.63, 3.8) is 0 Å². The predicted octanol–water partition coefficient (Wildman–Crippen LogP) is 1.99. The first-order valence-corrected chi connectivity index (χ1v) is 23.2. The smallest absolute Gasteiger partial charge is 0.116 e. The summed E-state index contributed by atoms with van der Waals surface area (Å²) in [5, 5.41) is 83.4. The number of thioether (sulfide) groups is 2. The Balaban J connectivity index is 0.931. The third-order valence-corrected chi connectivity index (χ3v) is 18.6. The van der Waals surface area contributed by atoms with Crippen LogP contribution in [0.1, 0.15) is 116 Å². The van der Waals surface area contributed by atoms with E-state index in [1.165, 1.54) is 44.9 Å². The summed E-state index contributed by atoms with van der Waals surface area (Å²) in [5.41, 5.74) is 0. The van der Waals surface area contributed by atoms with E-state index in [-0.39, 0.29) is 59.1 Å². The van der Waals surface area contributed by atoms with Crippen molar-refractivity contribution in [1.82, 2.24) is 20.9 Å². The van der Waals surface area contributed by atoms with Crippen LogP contribution in [0.4, 0.5) is 0 Å². The van der Waals surface area contributed by atoms with E-state index in [1.807, 2.05) is 23.5 Å². The molecule has 52 heavy (non-hydrogen) atoms. The van der Waals surface area contributed by atoms with Crippen LogP contribution >= 0.6 is 23.5 Å². The van der Waals surface area contributed by atoms with Gasteiger partial charge in [0.25, 0.3) is 0 Å². The van der Waals surface area contributed by atoms with Gasteiger partial charge in [-0.05, 0) is 77.0 Å². The molecule has 6 aliphatic carbocycles. The Morgan fingerprint density at radius 2 is 0.827 bits per heavy atom. The molecule has 9 fully saturated rings. The Kier molecular flexibility index (Phi) is 11.6. The van der Waals surface area contributed by atoms with Crippen LogP contribution in [0.5, 0.6) is 0 Å². The van der Waals surface area contributed by atoms with Crippen molar-refractivity contribution < 1.29 is 35.4 Å². The molecule has 9 N–H and O–H groups in total. The maximum absolute atomic E-state index is 11.9. The summed E-state index contributed by atoms with van der Waals surface area (Å²) in [6.45, 7) is 0. The van der Waals surface area contributed by atoms with Crippen molar-refractivity contribution in [3.05, 3.63) is 0 Å². The van der Waals surface area contributed by atoms with Gasteiger partial charge in [0.05, 0.1) is 59.4 Å². The third kappa shape index (κ3) is 7.30. The van der Waals surface area contributed by atoms with Crippen LogP contribution < -0.4 is 16.0 Å². The lowest BCUT2D eigenvalue weighted by Crippen LogP contribution is -2.64. The van der Waals surface area contributed by atoms with Gasteiger partial charge in [0.1, 0.15) is 6.23 Å². The van der Waals surface area contributed by atoms with E-state index in [0.717, 1.165) is 32.1 Å². The fraction of sp³-hybridized carbons (Fsp3) is 1.00. The molecule has 15 atom stereocenters. The lowest BCUT2D eigenvalue weighted by atomic mass is 9.73. The Labute approximate surface area is 318 Å². The van der Waals surface area contributed by atoms with Crippen LogP contribution in [-0.4, -0.2) is 142 Å². The van der Waals surface area contributed by atoms with E-state index in [0.29, 0.717) is 61.1 Å². The minimum absolute atomic E-state index is 0.0216. The van der Waals surface area contributed by atoms with E-state index in [1.54, 1.807) is 0 Å². The zero-order valence-electron chi connectivity index (χ0n) is 30.7. The maximum Gasteiger partial charge on any atom is 0.116 e. The molecule has 296 valence electrons. The van der Waals surface area contributed by atoms with Crippen LogP contribution in [-0.2, 0) is 4.74 Å². The zero-order chi connectivity index (χ0) is 35.7. The number of ether oxygens (including phenoxy) is 1. The van der Waals surface area contributed by atoms with E-state index >= 15 is 0 Å². The Hall–Kier alpha value is 0.260. The molecule has 15 unspecified atom stereocenters. The highest BCUT2D eigenvalue weighted by molar-refractivity contribution is 8.01. The molecule has 13 heteroatoms. The largest absolute Gasteiger partial charge is 0.393 e. The Bertz CT molecular complexity index is 1010. The quantitative estimate of drug-likeness (QED) is 0.193. The van der Waals surface area contributed by atoms with Crippen molar-refractivity contribution >= 4 is 23.5 Å². The average Bonchev–Trinajstić information content (AvgIpc) is 3.84. The first-order chi connectivity index (χ1) is 25.2. The number of nitrogens with one attached hydrogen (secondary N) is 3. The van der Waals surface area contributed by atoms with Crippen molar-refractivity contribution in [3.8, 4) is 0 Å². The van der Waals surface area contributed by atoms with Crippen LogP contribution in [0.3, 0.4) is 0 Å². The lowest BCUT2D eigenvalue weighted by molar-refractivity contribution is -0.150. The highest BCUT2D eigenvalue weighted by atomic mass is 32.2. The molecule has 11 nitrogen and oxygen atoms in total. The van der Waals surface area contributed by atoms with Crippen molar-refractivity contribution in [2.75, 3.05) is 0 Å². The molecule has 0 aromatic heterocycles. The SMILES string of the molecule is OC1CC(N(C2CC(O)C(C3NC4CCCCC4S3)C(O)C2)C2CC(O)C(C3NC4CCCCC4S3)C(O)C2)CC(O)C1C1NC2CCCCC2O1. The molecule has 0 spiro atoms. The summed E-state index contributed by atoms with van der Waals surface area (Å²) in [7, 11) is 0. The average molecular weight is 767 g/mol. The number of nitrogens with zero attached hydrogens (tertiary/aromatic N) is 1. The molecule has 0 bridgehead atoms. The number of aliphatic hydroxyl groups is 6. The molecular formula is C39H66N4O7S2. The van der Waals surface area contributed by atoms with Crippen LogP contribution in [0, 0.1) is 17.8 Å². The van der Waals surface area contributed by atoms with Gasteiger partial charge in [-0.2, -0.15) is 0 Å². The van der Waals surface area contributed by atoms with Gasteiger partial charge >= 0.3 is 0 Å². The van der Waals surface area contributed by atoms with Gasteiger partial charge in [0.2, 0.25) is 0 Å². The summed E-state index contributed by atoms with van der Waals surface area (Å²) >= 11 is 3.82. The standard InChI is InChI=1S/C39H66N4O7S2/c44-25-13-19(14-26(45)34(25)37-40-22-7-1-4-10-31(22)50-37)43(20-15-27(46)35(28(47)16-20)38-41-23-8-2-5-11-32(23)51-38)21-17-29(48)36(30(49)18-21)39-42-24-9-3-6-12-33(24)52-39/h19-42,44-49H,1-18H2. The highest BCUT2D eigenvalue weighted by Gasteiger charge is 2.55. The molecule has 3 heterocycles. The first-order valence-electron chi connectivity index (χ1n) is 21.3. The monoisotopic (exact) mass is 766 g/mol. The van der Waals surface area contributed by atoms with Crippen LogP contribution in [0.15, 0.2) is 0 Å². The second-order valence-corrected chi connectivity index (χ2v) is 21.2. The van der Waals surface area contributed by atoms with Gasteiger partial charge in [-0.3, -0.25) is 10.2 Å². The summed E-state index contributed by atoms with van der Waals surface area (Å²) in [6.07, 6.45) is 12.2. The topological polar surface area (TPSA) is 170 Å². The van der Waals surface area contributed by atoms with Gasteiger partial charge in [0.15, 0.2) is 0 Å². The second-order valence-electron chi connectivity index (χ2n) is 18.4. The van der Waals surface area contributed by atoms with E-state index < -0.39 is 42.5 Å². The molecule has 9 rings (SSSR count). The molecule has 3 saturated heterocycles. The van der Waals surface area contributed by atoms with Gasteiger partial charge in [0, 0.05) is 58.6 Å². The van der Waals surface area contributed by atoms with Crippen LogP contribution in [0.2, 0.25) is 0 Å². The van der Waals surface area contributed by atoms with Gasteiger partial charge in [-0.1, -0.05) is 38.5 Å². The second kappa shape index (κ2) is 15.9. The number of rotatable bonds is 6. The van der Waals surface area contributed by atoms with Crippen molar-refractivity contribution in [1.29, 1.82) is 0 Å². The number of hydrogen-bond donors (Lipinski definition) is 9. The van der Waals surface area contributed by atoms with E-state index in [4.69, 9.17) is 4.74 Å². The fourth-order valence-corrected chi connectivity index (χ4v) is 16.5. The molecule has 3 aliphatic heterocycles. The predicted molar refractivity (Wildman–Crippen MR) is 203 cm³/mol. The maximum atomic E-state index is 11.9. The van der Waals surface area contributed by atoms with E-state index in [2.05, 4.69) is 20.9 Å². The normalized spacial score (nSPS) is 55.6. The first kappa shape index (κ1) is 37.8. The summed E-state index contributed by atoms with van der Waals surface area (Å²) in [6, 6.07) is 0.539. The summed E-state index contributed by atoms with van der Waals surface area (Å²) in [5.74, 6) is -0.975. The van der Waals surface area contributed by atoms with Crippen molar-refractivity contribution in [2.45, 2.75) is 222 Å². The molecule has 0 aromatic carbocycles. The van der Waals surface area contributed by atoms with Crippen molar-refractivity contribution in [2.24, 2.45) is 17.8 Å². The number of aliphatic hydroxyl groups excluding tert-OH is 6. The van der Waals surface area contributed by atoms with Crippen LogP contribution in [0.25, 0.3) is 0 Å². The minimum atomic E-state index is -0.795.